The third-order valence-corrected chi connectivity index (χ3v) is 3.76. The van der Waals surface area contributed by atoms with Crippen LogP contribution < -0.4 is 11.1 Å². The number of rotatable bonds is 4. The highest BCUT2D eigenvalue weighted by atomic mass is 16.4. The number of hydrogen-bond acceptors (Lipinski definition) is 5. The summed E-state index contributed by atoms with van der Waals surface area (Å²) in [6, 6.07) is 2.48. The molecule has 0 spiro atoms. The van der Waals surface area contributed by atoms with Crippen molar-refractivity contribution in [3.05, 3.63) is 17.8 Å². The van der Waals surface area contributed by atoms with E-state index < -0.39 is 5.97 Å². The number of nitrogens with two attached hydrogens (primary N) is 1. The molecule has 2 heterocycles. The second-order valence-electron chi connectivity index (χ2n) is 5.33. The number of hydrogen-bond donors (Lipinski definition) is 3. The Morgan fingerprint density at radius 2 is 2.26 bits per heavy atom. The molecule has 4 N–H and O–H groups in total. The third-order valence-electron chi connectivity index (χ3n) is 3.76. The molecule has 0 bridgehead atoms. The van der Waals surface area contributed by atoms with Gasteiger partial charge in [-0.25, -0.2) is 9.78 Å². The zero-order valence-corrected chi connectivity index (χ0v) is 10.7. The number of pyridine rings is 1. The van der Waals surface area contributed by atoms with Crippen molar-refractivity contribution < 1.29 is 9.90 Å². The largest absolute Gasteiger partial charge is 0.478 e. The maximum absolute atomic E-state index is 11.2. The number of anilines is 2. The van der Waals surface area contributed by atoms with Crippen LogP contribution in [0.5, 0.6) is 0 Å². The molecule has 6 heteroatoms. The Morgan fingerprint density at radius 1 is 1.47 bits per heavy atom. The summed E-state index contributed by atoms with van der Waals surface area (Å²) < 4.78 is 0. The van der Waals surface area contributed by atoms with Crippen LogP contribution in [0.15, 0.2) is 12.3 Å². The maximum atomic E-state index is 11.2. The van der Waals surface area contributed by atoms with Gasteiger partial charge in [-0.3, -0.25) is 4.90 Å². The quantitative estimate of drug-likeness (QED) is 0.750. The van der Waals surface area contributed by atoms with E-state index >= 15 is 0 Å². The molecule has 1 aliphatic carbocycles. The number of carboxylic acid groups (broad SMARTS) is 1. The van der Waals surface area contributed by atoms with E-state index in [4.69, 9.17) is 10.8 Å². The second-order valence-corrected chi connectivity index (χ2v) is 5.33. The monoisotopic (exact) mass is 262 g/mol. The average molecular weight is 262 g/mol. The van der Waals surface area contributed by atoms with E-state index in [0.717, 1.165) is 25.6 Å². The van der Waals surface area contributed by atoms with Crippen molar-refractivity contribution >= 4 is 17.5 Å². The molecule has 2 fully saturated rings. The molecule has 0 radical (unpaired) electrons. The lowest BCUT2D eigenvalue weighted by Gasteiger charge is -2.17. The maximum Gasteiger partial charge on any atom is 0.339 e. The number of aromatic nitrogens is 1. The van der Waals surface area contributed by atoms with Crippen molar-refractivity contribution in [3.63, 3.8) is 0 Å². The van der Waals surface area contributed by atoms with E-state index in [9.17, 15) is 4.79 Å². The normalized spacial score (nSPS) is 23.5. The minimum Gasteiger partial charge on any atom is -0.478 e. The van der Waals surface area contributed by atoms with Crippen molar-refractivity contribution in [3.8, 4) is 0 Å². The Morgan fingerprint density at radius 3 is 2.95 bits per heavy atom. The first kappa shape index (κ1) is 12.2. The Bertz CT molecular complexity index is 501. The first-order chi connectivity index (χ1) is 9.13. The molecule has 1 saturated carbocycles. The molecule has 0 aromatic carbocycles. The molecule has 6 nitrogen and oxygen atoms in total. The van der Waals surface area contributed by atoms with E-state index in [1.165, 1.54) is 25.1 Å². The van der Waals surface area contributed by atoms with Gasteiger partial charge < -0.3 is 16.2 Å². The van der Waals surface area contributed by atoms with Crippen LogP contribution >= 0.6 is 0 Å². The summed E-state index contributed by atoms with van der Waals surface area (Å²) >= 11 is 0. The van der Waals surface area contributed by atoms with Crippen molar-refractivity contribution in [1.29, 1.82) is 0 Å². The highest BCUT2D eigenvalue weighted by Crippen LogP contribution is 2.30. The highest BCUT2D eigenvalue weighted by molar-refractivity contribution is 5.94. The lowest BCUT2D eigenvalue weighted by atomic mass is 10.2. The van der Waals surface area contributed by atoms with Gasteiger partial charge in [0.1, 0.15) is 11.4 Å². The molecular weight excluding hydrogens is 244 g/mol. The molecule has 1 unspecified atom stereocenters. The minimum atomic E-state index is -1.00. The average Bonchev–Trinajstić information content (AvgIpc) is 3.12. The molecular formula is C13H18N4O2. The summed E-state index contributed by atoms with van der Waals surface area (Å²) in [6.07, 6.45) is 5.12. The minimum absolute atomic E-state index is 0.143. The molecule has 2 aliphatic rings. The number of carbonyl (C=O) groups is 1. The van der Waals surface area contributed by atoms with Crippen LogP contribution in [0.1, 0.15) is 29.6 Å². The fourth-order valence-electron chi connectivity index (χ4n) is 2.63. The Labute approximate surface area is 111 Å². The summed E-state index contributed by atoms with van der Waals surface area (Å²) in [6.45, 7) is 2.05. The van der Waals surface area contributed by atoms with Crippen LogP contribution in [0, 0.1) is 0 Å². The molecule has 102 valence electrons. The number of nitrogens with one attached hydrogen (secondary N) is 1. The second kappa shape index (κ2) is 4.70. The Hall–Kier alpha value is -1.82. The van der Waals surface area contributed by atoms with E-state index in [1.807, 2.05) is 0 Å². The van der Waals surface area contributed by atoms with Gasteiger partial charge in [0.25, 0.3) is 0 Å². The van der Waals surface area contributed by atoms with Crippen LogP contribution in [0.3, 0.4) is 0 Å². The van der Waals surface area contributed by atoms with E-state index in [0.29, 0.717) is 11.5 Å². The van der Waals surface area contributed by atoms with Gasteiger partial charge in [-0.05, 0) is 25.3 Å². The first-order valence-corrected chi connectivity index (χ1v) is 6.63. The first-order valence-electron chi connectivity index (χ1n) is 6.63. The summed E-state index contributed by atoms with van der Waals surface area (Å²) in [5, 5.41) is 12.4. The van der Waals surface area contributed by atoms with E-state index in [1.54, 1.807) is 0 Å². The fraction of sp³-hybridized carbons (Fsp3) is 0.538. The van der Waals surface area contributed by atoms with Gasteiger partial charge in [-0.15, -0.1) is 0 Å². The van der Waals surface area contributed by atoms with Gasteiger partial charge in [0.05, 0.1) is 11.9 Å². The molecule has 1 aromatic heterocycles. The van der Waals surface area contributed by atoms with Crippen molar-refractivity contribution in [2.45, 2.75) is 31.3 Å². The zero-order valence-electron chi connectivity index (χ0n) is 10.7. The Balaban J connectivity index is 1.71. The predicted octanol–water partition coefficient (Wildman–Crippen LogP) is 1.01. The van der Waals surface area contributed by atoms with Crippen LogP contribution in [0.4, 0.5) is 11.5 Å². The number of likely N-dealkylation sites (tertiary alicyclic amines) is 1. The van der Waals surface area contributed by atoms with Crippen molar-refractivity contribution in [2.75, 3.05) is 24.1 Å². The van der Waals surface area contributed by atoms with E-state index in [2.05, 4.69) is 15.2 Å². The molecule has 1 aromatic rings. The molecule has 3 rings (SSSR count). The Kier molecular flexibility index (Phi) is 3.02. The SMILES string of the molecule is Nc1cnc(NC2CCN(C3CC3)C2)c(C(=O)O)c1. The van der Waals surface area contributed by atoms with Crippen LogP contribution in [0.25, 0.3) is 0 Å². The van der Waals surface area contributed by atoms with Crippen molar-refractivity contribution in [1.82, 2.24) is 9.88 Å². The number of carboxylic acids is 1. The van der Waals surface area contributed by atoms with Gasteiger partial charge >= 0.3 is 5.97 Å². The third kappa shape index (κ3) is 2.63. The molecule has 1 atom stereocenters. The highest BCUT2D eigenvalue weighted by Gasteiger charge is 2.34. The lowest BCUT2D eigenvalue weighted by molar-refractivity contribution is 0.0697. The van der Waals surface area contributed by atoms with Gasteiger partial charge in [0.2, 0.25) is 0 Å². The molecule has 19 heavy (non-hydrogen) atoms. The van der Waals surface area contributed by atoms with Crippen LogP contribution in [-0.4, -0.2) is 46.1 Å². The summed E-state index contributed by atoms with van der Waals surface area (Å²) in [5.41, 5.74) is 6.09. The number of aromatic carboxylic acids is 1. The fourth-order valence-corrected chi connectivity index (χ4v) is 2.63. The van der Waals surface area contributed by atoms with Gasteiger partial charge in [-0.1, -0.05) is 0 Å². The predicted molar refractivity (Wildman–Crippen MR) is 72.2 cm³/mol. The van der Waals surface area contributed by atoms with E-state index in [-0.39, 0.29) is 11.6 Å². The van der Waals surface area contributed by atoms with Crippen molar-refractivity contribution in [2.24, 2.45) is 0 Å². The number of nitrogens with zero attached hydrogens (tertiary/aromatic N) is 2. The van der Waals surface area contributed by atoms with Crippen LogP contribution in [0.2, 0.25) is 0 Å². The van der Waals surface area contributed by atoms with Gasteiger partial charge in [0.15, 0.2) is 0 Å². The topological polar surface area (TPSA) is 91.5 Å². The molecule has 1 saturated heterocycles. The summed E-state index contributed by atoms with van der Waals surface area (Å²) in [7, 11) is 0. The summed E-state index contributed by atoms with van der Waals surface area (Å²) in [4.78, 5) is 17.8. The molecule has 1 aliphatic heterocycles. The van der Waals surface area contributed by atoms with Crippen LogP contribution in [-0.2, 0) is 0 Å². The zero-order chi connectivity index (χ0) is 13.4. The molecule has 0 amide bonds. The van der Waals surface area contributed by atoms with Gasteiger partial charge in [0, 0.05) is 25.2 Å². The smallest absolute Gasteiger partial charge is 0.339 e. The summed E-state index contributed by atoms with van der Waals surface area (Å²) in [5.74, 6) is -0.580. The number of nitrogen functional groups attached to an aromatic ring is 1. The van der Waals surface area contributed by atoms with Gasteiger partial charge in [-0.2, -0.15) is 0 Å². The lowest BCUT2D eigenvalue weighted by Crippen LogP contribution is -2.28. The standard InChI is InChI=1S/C13H18N4O2/c14-8-5-11(13(18)19)12(15-6-8)16-9-3-4-17(7-9)10-1-2-10/h5-6,9-10H,1-4,7,14H2,(H,15,16)(H,18,19).